The van der Waals surface area contributed by atoms with Gasteiger partial charge in [0.05, 0.1) is 0 Å². The van der Waals surface area contributed by atoms with Gasteiger partial charge in [0.25, 0.3) is 0 Å². The standard InChI is InChI=1S/C13H18F2N2/c14-10-13(16)5-2-7-17(8-6-13)12-4-1-3-11(15)9-12/h1,3-4,9H,2,5-8,10,16H2. The SMILES string of the molecule is NC1(CF)CCCN(c2cccc(F)c2)CC1. The molecule has 0 bridgehead atoms. The van der Waals surface area contributed by atoms with Gasteiger partial charge in [-0.3, -0.25) is 0 Å². The molecule has 4 heteroatoms. The van der Waals surface area contributed by atoms with Crippen LogP contribution in [0.15, 0.2) is 24.3 Å². The maximum Gasteiger partial charge on any atom is 0.125 e. The Kier molecular flexibility index (Phi) is 3.62. The fourth-order valence-electron chi connectivity index (χ4n) is 2.28. The van der Waals surface area contributed by atoms with Crippen LogP contribution in [0.2, 0.25) is 0 Å². The van der Waals surface area contributed by atoms with E-state index in [9.17, 15) is 8.78 Å². The highest BCUT2D eigenvalue weighted by Gasteiger charge is 2.28. The molecule has 0 saturated carbocycles. The molecular weight excluding hydrogens is 222 g/mol. The van der Waals surface area contributed by atoms with Crippen LogP contribution in [0.5, 0.6) is 0 Å². The summed E-state index contributed by atoms with van der Waals surface area (Å²) >= 11 is 0. The van der Waals surface area contributed by atoms with Gasteiger partial charge in [-0.1, -0.05) is 6.07 Å². The predicted octanol–water partition coefficient (Wildman–Crippen LogP) is 2.48. The molecule has 1 aliphatic rings. The van der Waals surface area contributed by atoms with Crippen LogP contribution in [-0.2, 0) is 0 Å². The van der Waals surface area contributed by atoms with Crippen molar-refractivity contribution in [2.45, 2.75) is 24.8 Å². The van der Waals surface area contributed by atoms with Gasteiger partial charge in [-0.15, -0.1) is 0 Å². The monoisotopic (exact) mass is 240 g/mol. The number of alkyl halides is 1. The molecule has 1 aromatic carbocycles. The molecule has 94 valence electrons. The number of halogens is 2. The summed E-state index contributed by atoms with van der Waals surface area (Å²) in [4.78, 5) is 2.08. The number of hydrogen-bond donors (Lipinski definition) is 1. The molecule has 2 N–H and O–H groups in total. The van der Waals surface area contributed by atoms with E-state index in [1.54, 1.807) is 6.07 Å². The summed E-state index contributed by atoms with van der Waals surface area (Å²) in [5.41, 5.74) is 6.12. The highest BCUT2D eigenvalue weighted by molar-refractivity contribution is 5.46. The zero-order valence-corrected chi connectivity index (χ0v) is 9.83. The molecule has 17 heavy (non-hydrogen) atoms. The quantitative estimate of drug-likeness (QED) is 0.860. The number of benzene rings is 1. The van der Waals surface area contributed by atoms with E-state index < -0.39 is 12.2 Å². The van der Waals surface area contributed by atoms with Crippen molar-refractivity contribution in [3.05, 3.63) is 30.1 Å². The Labute approximate surface area is 100 Å². The number of rotatable bonds is 2. The van der Waals surface area contributed by atoms with Crippen LogP contribution in [0.1, 0.15) is 19.3 Å². The van der Waals surface area contributed by atoms with Gasteiger partial charge in [0.2, 0.25) is 0 Å². The molecule has 1 saturated heterocycles. The van der Waals surface area contributed by atoms with Crippen molar-refractivity contribution >= 4 is 5.69 Å². The average Bonchev–Trinajstić information content (AvgIpc) is 2.52. The molecule has 0 amide bonds. The highest BCUT2D eigenvalue weighted by atomic mass is 19.1. The summed E-state index contributed by atoms with van der Waals surface area (Å²) in [5, 5.41) is 0. The molecule has 1 unspecified atom stereocenters. The first-order valence-corrected chi connectivity index (χ1v) is 5.98. The van der Waals surface area contributed by atoms with Crippen molar-refractivity contribution in [2.24, 2.45) is 5.73 Å². The van der Waals surface area contributed by atoms with Gasteiger partial charge in [0.15, 0.2) is 0 Å². The summed E-state index contributed by atoms with van der Waals surface area (Å²) in [6.07, 6.45) is 2.15. The first kappa shape index (κ1) is 12.3. The molecule has 0 aromatic heterocycles. The molecule has 1 heterocycles. The Morgan fingerprint density at radius 2 is 2.12 bits per heavy atom. The van der Waals surface area contributed by atoms with E-state index in [2.05, 4.69) is 4.90 Å². The van der Waals surface area contributed by atoms with Crippen LogP contribution in [0.25, 0.3) is 0 Å². The van der Waals surface area contributed by atoms with Crippen LogP contribution in [-0.4, -0.2) is 25.3 Å². The molecule has 1 aliphatic heterocycles. The van der Waals surface area contributed by atoms with Crippen LogP contribution in [0.4, 0.5) is 14.5 Å². The third kappa shape index (κ3) is 2.94. The minimum Gasteiger partial charge on any atom is -0.371 e. The third-order valence-corrected chi connectivity index (χ3v) is 3.42. The topological polar surface area (TPSA) is 29.3 Å². The van der Waals surface area contributed by atoms with E-state index >= 15 is 0 Å². The zero-order valence-electron chi connectivity index (χ0n) is 9.83. The van der Waals surface area contributed by atoms with Gasteiger partial charge in [-0.2, -0.15) is 0 Å². The van der Waals surface area contributed by atoms with Gasteiger partial charge in [0.1, 0.15) is 12.5 Å². The van der Waals surface area contributed by atoms with Crippen molar-refractivity contribution in [1.82, 2.24) is 0 Å². The van der Waals surface area contributed by atoms with E-state index in [-0.39, 0.29) is 5.82 Å². The second-order valence-corrected chi connectivity index (χ2v) is 4.82. The lowest BCUT2D eigenvalue weighted by atomic mass is 9.94. The molecule has 0 radical (unpaired) electrons. The van der Waals surface area contributed by atoms with E-state index in [0.717, 1.165) is 18.7 Å². The first-order chi connectivity index (χ1) is 8.13. The minimum atomic E-state index is -0.692. The Morgan fingerprint density at radius 3 is 2.82 bits per heavy atom. The van der Waals surface area contributed by atoms with Crippen LogP contribution < -0.4 is 10.6 Å². The Hall–Kier alpha value is -1.16. The summed E-state index contributed by atoms with van der Waals surface area (Å²) in [6.45, 7) is 1.01. The molecule has 1 aromatic rings. The lowest BCUT2D eigenvalue weighted by Gasteiger charge is -2.25. The minimum absolute atomic E-state index is 0.240. The fraction of sp³-hybridized carbons (Fsp3) is 0.538. The zero-order chi connectivity index (χ0) is 12.3. The van der Waals surface area contributed by atoms with Gasteiger partial charge >= 0.3 is 0 Å². The molecular formula is C13H18F2N2. The summed E-state index contributed by atoms with van der Waals surface area (Å²) in [5.74, 6) is -0.240. The second-order valence-electron chi connectivity index (χ2n) is 4.82. The van der Waals surface area contributed by atoms with E-state index in [1.807, 2.05) is 6.07 Å². The Balaban J connectivity index is 2.09. The maximum atomic E-state index is 13.1. The van der Waals surface area contributed by atoms with E-state index in [4.69, 9.17) is 5.73 Å². The molecule has 2 rings (SSSR count). The third-order valence-electron chi connectivity index (χ3n) is 3.42. The van der Waals surface area contributed by atoms with Crippen LogP contribution in [0.3, 0.4) is 0 Å². The largest absolute Gasteiger partial charge is 0.371 e. The molecule has 0 aliphatic carbocycles. The summed E-state index contributed by atoms with van der Waals surface area (Å²) in [6, 6.07) is 6.51. The van der Waals surface area contributed by atoms with E-state index in [0.29, 0.717) is 19.4 Å². The lowest BCUT2D eigenvalue weighted by molar-refractivity contribution is 0.282. The maximum absolute atomic E-state index is 13.1. The molecule has 1 fully saturated rings. The Bertz CT molecular complexity index is 383. The van der Waals surface area contributed by atoms with E-state index in [1.165, 1.54) is 12.1 Å². The number of hydrogen-bond acceptors (Lipinski definition) is 2. The average molecular weight is 240 g/mol. The van der Waals surface area contributed by atoms with Crippen LogP contribution in [0, 0.1) is 5.82 Å². The van der Waals surface area contributed by atoms with Gasteiger partial charge < -0.3 is 10.6 Å². The van der Waals surface area contributed by atoms with Gasteiger partial charge in [-0.25, -0.2) is 8.78 Å². The van der Waals surface area contributed by atoms with Crippen molar-refractivity contribution in [3.8, 4) is 0 Å². The smallest absolute Gasteiger partial charge is 0.125 e. The van der Waals surface area contributed by atoms with Gasteiger partial charge in [-0.05, 0) is 37.5 Å². The van der Waals surface area contributed by atoms with Gasteiger partial charge in [0, 0.05) is 24.3 Å². The van der Waals surface area contributed by atoms with Crippen molar-refractivity contribution in [2.75, 3.05) is 24.7 Å². The summed E-state index contributed by atoms with van der Waals surface area (Å²) < 4.78 is 26.0. The predicted molar refractivity (Wildman–Crippen MR) is 65.4 cm³/mol. The number of nitrogens with two attached hydrogens (primary N) is 1. The fourth-order valence-corrected chi connectivity index (χ4v) is 2.28. The second kappa shape index (κ2) is 5.00. The highest BCUT2D eigenvalue weighted by Crippen LogP contribution is 2.24. The molecule has 1 atom stereocenters. The molecule has 2 nitrogen and oxygen atoms in total. The van der Waals surface area contributed by atoms with Crippen molar-refractivity contribution in [1.29, 1.82) is 0 Å². The van der Waals surface area contributed by atoms with Crippen molar-refractivity contribution < 1.29 is 8.78 Å². The van der Waals surface area contributed by atoms with Crippen LogP contribution >= 0.6 is 0 Å². The lowest BCUT2D eigenvalue weighted by Crippen LogP contribution is -2.43. The normalized spacial score (nSPS) is 25.7. The number of nitrogens with zero attached hydrogens (tertiary/aromatic N) is 1. The Morgan fingerprint density at radius 1 is 1.29 bits per heavy atom. The first-order valence-electron chi connectivity index (χ1n) is 5.98. The number of anilines is 1. The summed E-state index contributed by atoms with van der Waals surface area (Å²) in [7, 11) is 0. The van der Waals surface area contributed by atoms with Crippen molar-refractivity contribution in [3.63, 3.8) is 0 Å². The molecule has 0 spiro atoms.